The summed E-state index contributed by atoms with van der Waals surface area (Å²) in [6.07, 6.45) is 2.08. The van der Waals surface area contributed by atoms with Crippen LogP contribution in [0.3, 0.4) is 0 Å². The number of piperazine rings is 1. The van der Waals surface area contributed by atoms with Crippen LogP contribution in [0.15, 0.2) is 24.3 Å². The van der Waals surface area contributed by atoms with Crippen LogP contribution in [0.4, 0.5) is 9.18 Å². The Hall–Kier alpha value is -2.15. The zero-order valence-electron chi connectivity index (χ0n) is 14.6. The SMILES string of the molecule is CN1CCN(C(=O)NCc2cccc(F)c2)C[C@@]12CCNC(=O)CC2. The van der Waals surface area contributed by atoms with Crippen LogP contribution >= 0.6 is 0 Å². The molecule has 1 aromatic carbocycles. The first-order valence-corrected chi connectivity index (χ1v) is 8.74. The molecule has 0 aliphatic carbocycles. The second-order valence-electron chi connectivity index (χ2n) is 6.96. The zero-order valence-corrected chi connectivity index (χ0v) is 14.6. The van der Waals surface area contributed by atoms with Gasteiger partial charge in [0, 0.05) is 44.7 Å². The average Bonchev–Trinajstić information content (AvgIpc) is 2.78. The minimum absolute atomic E-state index is 0.0814. The average molecular weight is 348 g/mol. The van der Waals surface area contributed by atoms with Crippen LogP contribution < -0.4 is 10.6 Å². The van der Waals surface area contributed by atoms with E-state index in [1.54, 1.807) is 12.1 Å². The van der Waals surface area contributed by atoms with Crippen molar-refractivity contribution in [2.45, 2.75) is 31.3 Å². The molecule has 0 unspecified atom stereocenters. The van der Waals surface area contributed by atoms with E-state index in [-0.39, 0.29) is 23.3 Å². The number of carbonyl (C=O) groups excluding carboxylic acids is 2. The lowest BCUT2D eigenvalue weighted by Crippen LogP contribution is -2.63. The van der Waals surface area contributed by atoms with Crippen molar-refractivity contribution in [1.82, 2.24) is 20.4 Å². The number of urea groups is 1. The molecule has 136 valence electrons. The van der Waals surface area contributed by atoms with Crippen molar-refractivity contribution < 1.29 is 14.0 Å². The van der Waals surface area contributed by atoms with Gasteiger partial charge in [0.25, 0.3) is 0 Å². The molecule has 0 bridgehead atoms. The van der Waals surface area contributed by atoms with E-state index in [0.717, 1.165) is 24.9 Å². The first-order valence-electron chi connectivity index (χ1n) is 8.74. The Kier molecular flexibility index (Phi) is 5.22. The van der Waals surface area contributed by atoms with Gasteiger partial charge in [-0.15, -0.1) is 0 Å². The Morgan fingerprint density at radius 1 is 1.36 bits per heavy atom. The van der Waals surface area contributed by atoms with Crippen LogP contribution in [0.2, 0.25) is 0 Å². The number of benzene rings is 1. The quantitative estimate of drug-likeness (QED) is 0.847. The Labute approximate surface area is 147 Å². The lowest BCUT2D eigenvalue weighted by molar-refractivity contribution is -0.121. The normalized spacial score (nSPS) is 24.7. The third-order valence-corrected chi connectivity index (χ3v) is 5.35. The van der Waals surface area contributed by atoms with Gasteiger partial charge in [-0.25, -0.2) is 9.18 Å². The first-order chi connectivity index (χ1) is 12.0. The Bertz CT molecular complexity index is 654. The number of hydrogen-bond donors (Lipinski definition) is 2. The summed E-state index contributed by atoms with van der Waals surface area (Å²) < 4.78 is 13.2. The van der Waals surface area contributed by atoms with Crippen LogP contribution in [0.5, 0.6) is 0 Å². The maximum absolute atomic E-state index is 13.2. The minimum Gasteiger partial charge on any atom is -0.356 e. The van der Waals surface area contributed by atoms with Gasteiger partial charge in [0.2, 0.25) is 5.91 Å². The highest BCUT2D eigenvalue weighted by Crippen LogP contribution is 2.30. The molecule has 1 atom stereocenters. The summed E-state index contributed by atoms with van der Waals surface area (Å²) in [5, 5.41) is 5.79. The van der Waals surface area contributed by atoms with Gasteiger partial charge in [0.05, 0.1) is 0 Å². The third kappa shape index (κ3) is 4.10. The van der Waals surface area contributed by atoms with E-state index in [0.29, 0.717) is 32.6 Å². The summed E-state index contributed by atoms with van der Waals surface area (Å²) in [7, 11) is 2.07. The van der Waals surface area contributed by atoms with Crippen molar-refractivity contribution in [2.75, 3.05) is 33.2 Å². The van der Waals surface area contributed by atoms with E-state index in [2.05, 4.69) is 22.6 Å². The Morgan fingerprint density at radius 2 is 2.20 bits per heavy atom. The molecule has 2 aliphatic heterocycles. The number of halogens is 1. The first kappa shape index (κ1) is 17.7. The molecular weight excluding hydrogens is 323 g/mol. The molecule has 2 saturated heterocycles. The molecule has 1 aromatic rings. The van der Waals surface area contributed by atoms with E-state index < -0.39 is 0 Å². The monoisotopic (exact) mass is 348 g/mol. The second-order valence-corrected chi connectivity index (χ2v) is 6.96. The summed E-state index contributed by atoms with van der Waals surface area (Å²) in [6, 6.07) is 6.10. The molecule has 3 rings (SSSR count). The lowest BCUT2D eigenvalue weighted by atomic mass is 9.86. The Morgan fingerprint density at radius 3 is 3.00 bits per heavy atom. The summed E-state index contributed by atoms with van der Waals surface area (Å²) in [5.41, 5.74) is 0.578. The predicted octanol–water partition coefficient (Wildman–Crippen LogP) is 1.32. The topological polar surface area (TPSA) is 64.7 Å². The fourth-order valence-electron chi connectivity index (χ4n) is 3.71. The summed E-state index contributed by atoms with van der Waals surface area (Å²) >= 11 is 0. The van der Waals surface area contributed by atoms with Gasteiger partial charge >= 0.3 is 6.03 Å². The number of likely N-dealkylation sites (N-methyl/N-ethyl adjacent to an activating group) is 1. The molecule has 0 radical (unpaired) electrons. The largest absolute Gasteiger partial charge is 0.356 e. The Balaban J connectivity index is 1.62. The van der Waals surface area contributed by atoms with Crippen LogP contribution in [-0.4, -0.2) is 60.5 Å². The van der Waals surface area contributed by atoms with Crippen LogP contribution in [0.1, 0.15) is 24.8 Å². The van der Waals surface area contributed by atoms with E-state index in [9.17, 15) is 14.0 Å². The van der Waals surface area contributed by atoms with Gasteiger partial charge in [0.1, 0.15) is 5.82 Å². The van der Waals surface area contributed by atoms with Crippen molar-refractivity contribution >= 4 is 11.9 Å². The van der Waals surface area contributed by atoms with Crippen molar-refractivity contribution in [3.63, 3.8) is 0 Å². The van der Waals surface area contributed by atoms with Gasteiger partial charge in [0.15, 0.2) is 0 Å². The summed E-state index contributed by atoms with van der Waals surface area (Å²) in [4.78, 5) is 28.3. The second kappa shape index (κ2) is 7.39. The summed E-state index contributed by atoms with van der Waals surface area (Å²) in [5.74, 6) is -0.223. The van der Waals surface area contributed by atoms with E-state index in [4.69, 9.17) is 0 Å². The minimum atomic E-state index is -0.305. The molecule has 1 spiro atoms. The van der Waals surface area contributed by atoms with E-state index >= 15 is 0 Å². The van der Waals surface area contributed by atoms with Crippen molar-refractivity contribution in [1.29, 1.82) is 0 Å². The molecule has 7 heteroatoms. The van der Waals surface area contributed by atoms with Crippen molar-refractivity contribution in [3.8, 4) is 0 Å². The maximum Gasteiger partial charge on any atom is 0.317 e. The molecule has 2 aliphatic rings. The lowest BCUT2D eigenvalue weighted by Gasteiger charge is -2.49. The van der Waals surface area contributed by atoms with Gasteiger partial charge in [-0.3, -0.25) is 9.69 Å². The number of amides is 3. The number of nitrogens with one attached hydrogen (secondary N) is 2. The number of rotatable bonds is 2. The van der Waals surface area contributed by atoms with E-state index in [1.165, 1.54) is 12.1 Å². The smallest absolute Gasteiger partial charge is 0.317 e. The molecule has 0 aromatic heterocycles. The summed E-state index contributed by atoms with van der Waals surface area (Å²) in [6.45, 7) is 2.97. The molecule has 0 saturated carbocycles. The molecule has 3 amide bonds. The molecule has 2 fully saturated rings. The molecule has 2 N–H and O–H groups in total. The van der Waals surface area contributed by atoms with Crippen LogP contribution in [0.25, 0.3) is 0 Å². The standard InChI is InChI=1S/C18H25FN4O2/c1-22-9-10-23(13-18(22)6-5-16(24)20-8-7-18)17(25)21-12-14-3-2-4-15(19)11-14/h2-4,11H,5-10,12-13H2,1H3,(H,20,24)(H,21,25)/t18-/m1/s1. The zero-order chi connectivity index (χ0) is 17.9. The highest BCUT2D eigenvalue weighted by molar-refractivity contribution is 5.76. The van der Waals surface area contributed by atoms with Gasteiger partial charge in [-0.05, 0) is 37.6 Å². The van der Waals surface area contributed by atoms with E-state index in [1.807, 2.05) is 4.90 Å². The van der Waals surface area contributed by atoms with Crippen LogP contribution in [-0.2, 0) is 11.3 Å². The highest BCUT2D eigenvalue weighted by atomic mass is 19.1. The molecule has 25 heavy (non-hydrogen) atoms. The van der Waals surface area contributed by atoms with Gasteiger partial charge < -0.3 is 15.5 Å². The number of hydrogen-bond acceptors (Lipinski definition) is 3. The van der Waals surface area contributed by atoms with Gasteiger partial charge in [-0.2, -0.15) is 0 Å². The van der Waals surface area contributed by atoms with Crippen molar-refractivity contribution in [3.05, 3.63) is 35.6 Å². The maximum atomic E-state index is 13.2. The third-order valence-electron chi connectivity index (χ3n) is 5.35. The fourth-order valence-corrected chi connectivity index (χ4v) is 3.71. The van der Waals surface area contributed by atoms with Crippen molar-refractivity contribution in [2.24, 2.45) is 0 Å². The number of nitrogens with zero attached hydrogens (tertiary/aromatic N) is 2. The fraction of sp³-hybridized carbons (Fsp3) is 0.556. The van der Waals surface area contributed by atoms with Crippen LogP contribution in [0, 0.1) is 5.82 Å². The van der Waals surface area contributed by atoms with Gasteiger partial charge in [-0.1, -0.05) is 12.1 Å². The predicted molar refractivity (Wildman–Crippen MR) is 92.4 cm³/mol. The molecular formula is C18H25FN4O2. The molecule has 2 heterocycles. The molecule has 6 nitrogen and oxygen atoms in total. The highest BCUT2D eigenvalue weighted by Gasteiger charge is 2.42. The number of carbonyl (C=O) groups is 2.